The lowest BCUT2D eigenvalue weighted by Crippen LogP contribution is -2.53. The minimum atomic E-state index is -0.652. The van der Waals surface area contributed by atoms with Crippen LogP contribution >= 0.6 is 0 Å². The highest BCUT2D eigenvalue weighted by Gasteiger charge is 2.34. The lowest BCUT2D eigenvalue weighted by molar-refractivity contribution is 0.0809. The van der Waals surface area contributed by atoms with Crippen LogP contribution in [0.5, 0.6) is 0 Å². The van der Waals surface area contributed by atoms with Gasteiger partial charge in [-0.15, -0.1) is 0 Å². The van der Waals surface area contributed by atoms with Crippen molar-refractivity contribution in [1.82, 2.24) is 30.0 Å². The molecule has 5 N–H and O–H groups in total. The SMILES string of the molecule is Cc1cc(-c2nc(C(N)=O)c(Nc3ccc(N4CCC(N5CCN(C6CC6)CC5)CC4)c(C)c3)nc2NC2CCOCC2)n[nH]1. The van der Waals surface area contributed by atoms with E-state index in [1.807, 2.05) is 13.0 Å². The second-order valence-electron chi connectivity index (χ2n) is 13.1. The highest BCUT2D eigenvalue weighted by Crippen LogP contribution is 2.33. The summed E-state index contributed by atoms with van der Waals surface area (Å²) < 4.78 is 5.54. The maximum Gasteiger partial charge on any atom is 0.271 e. The molecular formula is C33H46N10O2. The lowest BCUT2D eigenvalue weighted by atomic mass is 10.0. The summed E-state index contributed by atoms with van der Waals surface area (Å²) in [5, 5.41) is 14.2. The Morgan fingerprint density at radius 2 is 1.58 bits per heavy atom. The summed E-state index contributed by atoms with van der Waals surface area (Å²) in [4.78, 5) is 30.1. The van der Waals surface area contributed by atoms with Crippen molar-refractivity contribution in [3.8, 4) is 11.4 Å². The van der Waals surface area contributed by atoms with Crippen LogP contribution in [0.15, 0.2) is 24.3 Å². The summed E-state index contributed by atoms with van der Waals surface area (Å²) >= 11 is 0. The third kappa shape index (κ3) is 6.78. The normalized spacial score (nSPS) is 20.8. The molecule has 3 saturated heterocycles. The smallest absolute Gasteiger partial charge is 0.271 e. The first-order chi connectivity index (χ1) is 21.9. The average Bonchev–Trinajstić information content (AvgIpc) is 3.82. The van der Waals surface area contributed by atoms with Crippen LogP contribution < -0.4 is 21.3 Å². The number of aromatic nitrogens is 4. The van der Waals surface area contributed by atoms with E-state index in [0.29, 0.717) is 42.3 Å². The Morgan fingerprint density at radius 1 is 0.889 bits per heavy atom. The Balaban J connectivity index is 1.06. The summed E-state index contributed by atoms with van der Waals surface area (Å²) in [6.45, 7) is 12.5. The first-order valence-electron chi connectivity index (χ1n) is 16.6. The summed E-state index contributed by atoms with van der Waals surface area (Å²) in [7, 11) is 0. The van der Waals surface area contributed by atoms with Crippen molar-refractivity contribution in [2.75, 3.05) is 68.0 Å². The number of H-pyrrole nitrogens is 1. The summed E-state index contributed by atoms with van der Waals surface area (Å²) in [6.07, 6.45) is 6.92. The number of primary amides is 1. The van der Waals surface area contributed by atoms with Gasteiger partial charge in [0.25, 0.3) is 5.91 Å². The van der Waals surface area contributed by atoms with E-state index in [2.05, 4.69) is 60.7 Å². The number of nitrogens with zero attached hydrogens (tertiary/aromatic N) is 6. The average molecular weight is 615 g/mol. The fourth-order valence-electron chi connectivity index (χ4n) is 7.15. The maximum absolute atomic E-state index is 12.6. The van der Waals surface area contributed by atoms with Crippen molar-refractivity contribution in [3.63, 3.8) is 0 Å². The topological polar surface area (TPSA) is 141 Å². The number of aromatic amines is 1. The highest BCUT2D eigenvalue weighted by molar-refractivity contribution is 5.97. The van der Waals surface area contributed by atoms with Crippen LogP contribution in [0.25, 0.3) is 11.4 Å². The number of piperidine rings is 1. The van der Waals surface area contributed by atoms with Crippen LogP contribution in [0, 0.1) is 13.8 Å². The predicted molar refractivity (Wildman–Crippen MR) is 176 cm³/mol. The number of carbonyl (C=O) groups is 1. The third-order valence-electron chi connectivity index (χ3n) is 9.83. The van der Waals surface area contributed by atoms with E-state index in [4.69, 9.17) is 20.4 Å². The fraction of sp³-hybridized carbons (Fsp3) is 0.576. The van der Waals surface area contributed by atoms with Crippen LogP contribution in [0.1, 0.15) is 60.3 Å². The van der Waals surface area contributed by atoms with Gasteiger partial charge >= 0.3 is 0 Å². The molecule has 7 rings (SSSR count). The summed E-state index contributed by atoms with van der Waals surface area (Å²) in [5.74, 6) is 0.232. The van der Waals surface area contributed by atoms with Crippen LogP contribution in [0.2, 0.25) is 0 Å². The molecule has 5 heterocycles. The molecule has 1 saturated carbocycles. The van der Waals surface area contributed by atoms with Crippen LogP contribution in [-0.2, 0) is 4.74 Å². The summed E-state index contributed by atoms with van der Waals surface area (Å²) in [6, 6.07) is 9.97. The van der Waals surface area contributed by atoms with E-state index in [1.165, 1.54) is 63.1 Å². The van der Waals surface area contributed by atoms with Crippen molar-refractivity contribution in [3.05, 3.63) is 41.2 Å². The first kappa shape index (κ1) is 29.9. The van der Waals surface area contributed by atoms with Gasteiger partial charge in [0.15, 0.2) is 17.3 Å². The van der Waals surface area contributed by atoms with E-state index >= 15 is 0 Å². The molecule has 1 aliphatic carbocycles. The van der Waals surface area contributed by atoms with E-state index in [-0.39, 0.29) is 11.7 Å². The van der Waals surface area contributed by atoms with Gasteiger partial charge in [-0.05, 0) is 82.2 Å². The van der Waals surface area contributed by atoms with E-state index < -0.39 is 5.91 Å². The number of amides is 1. The van der Waals surface area contributed by atoms with Gasteiger partial charge < -0.3 is 26.0 Å². The maximum atomic E-state index is 12.6. The molecule has 12 heteroatoms. The molecule has 3 aliphatic heterocycles. The van der Waals surface area contributed by atoms with Gasteiger partial charge in [0, 0.05) is 87.7 Å². The molecule has 3 aromatic rings. The number of benzene rings is 1. The summed E-state index contributed by atoms with van der Waals surface area (Å²) in [5.41, 5.74) is 11.2. The minimum absolute atomic E-state index is 0.0740. The Hall–Kier alpha value is -3.74. The van der Waals surface area contributed by atoms with E-state index in [1.54, 1.807) is 0 Å². The number of rotatable bonds is 9. The number of hydrogen-bond acceptors (Lipinski definition) is 10. The molecule has 240 valence electrons. The van der Waals surface area contributed by atoms with Gasteiger partial charge in [0.2, 0.25) is 0 Å². The quantitative estimate of drug-likeness (QED) is 0.282. The second kappa shape index (κ2) is 12.9. The Labute approximate surface area is 265 Å². The Bertz CT molecular complexity index is 1500. The van der Waals surface area contributed by atoms with Gasteiger partial charge in [0.1, 0.15) is 11.4 Å². The third-order valence-corrected chi connectivity index (χ3v) is 9.83. The molecular weight excluding hydrogens is 568 g/mol. The molecule has 1 amide bonds. The standard InChI is InChI=1S/C33H46N10O2/c1-21-19-24(3-6-28(21)43-11-7-26(8-12-43)42-15-13-41(14-16-42)25-4-5-25)36-33-30(31(34)44)37-29(27-20-22(2)39-40-27)32(38-33)35-23-9-17-45-18-10-23/h3,6,19-20,23,25-26H,4-5,7-18H2,1-2H3,(H2,34,44)(H,39,40)(H2,35,36,38). The number of hydrogen-bond donors (Lipinski definition) is 4. The van der Waals surface area contributed by atoms with Crippen LogP contribution in [0.4, 0.5) is 23.0 Å². The Morgan fingerprint density at radius 3 is 2.18 bits per heavy atom. The van der Waals surface area contributed by atoms with Crippen molar-refractivity contribution in [2.45, 2.75) is 70.5 Å². The number of anilines is 4. The van der Waals surface area contributed by atoms with Gasteiger partial charge in [-0.25, -0.2) is 9.97 Å². The first-order valence-corrected chi connectivity index (χ1v) is 16.6. The number of ether oxygens (including phenoxy) is 1. The predicted octanol–water partition coefficient (Wildman–Crippen LogP) is 3.67. The van der Waals surface area contributed by atoms with Gasteiger partial charge in [-0.2, -0.15) is 5.10 Å². The number of nitrogens with one attached hydrogen (secondary N) is 3. The molecule has 0 bridgehead atoms. The molecule has 0 radical (unpaired) electrons. The zero-order chi connectivity index (χ0) is 30.9. The van der Waals surface area contributed by atoms with Gasteiger partial charge in [-0.3, -0.25) is 19.7 Å². The van der Waals surface area contributed by atoms with E-state index in [9.17, 15) is 4.79 Å². The highest BCUT2D eigenvalue weighted by atomic mass is 16.5. The number of piperazine rings is 1. The molecule has 4 fully saturated rings. The van der Waals surface area contributed by atoms with E-state index in [0.717, 1.165) is 43.4 Å². The molecule has 1 aromatic carbocycles. The zero-order valence-corrected chi connectivity index (χ0v) is 26.5. The Kier molecular flexibility index (Phi) is 8.61. The minimum Gasteiger partial charge on any atom is -0.381 e. The monoisotopic (exact) mass is 614 g/mol. The van der Waals surface area contributed by atoms with Crippen molar-refractivity contribution in [2.24, 2.45) is 5.73 Å². The molecule has 2 aromatic heterocycles. The lowest BCUT2D eigenvalue weighted by Gasteiger charge is -2.43. The molecule has 0 spiro atoms. The number of nitrogens with two attached hydrogens (primary N) is 1. The molecule has 0 atom stereocenters. The second-order valence-corrected chi connectivity index (χ2v) is 13.1. The van der Waals surface area contributed by atoms with Gasteiger partial charge in [0.05, 0.1) is 0 Å². The largest absolute Gasteiger partial charge is 0.381 e. The van der Waals surface area contributed by atoms with Crippen molar-refractivity contribution >= 4 is 28.9 Å². The zero-order valence-electron chi connectivity index (χ0n) is 26.5. The van der Waals surface area contributed by atoms with Crippen molar-refractivity contribution < 1.29 is 9.53 Å². The molecule has 0 unspecified atom stereocenters. The fourth-order valence-corrected chi connectivity index (χ4v) is 7.15. The molecule has 4 aliphatic rings. The molecule has 45 heavy (non-hydrogen) atoms. The van der Waals surface area contributed by atoms with Crippen LogP contribution in [0.3, 0.4) is 0 Å². The van der Waals surface area contributed by atoms with Crippen molar-refractivity contribution in [1.29, 1.82) is 0 Å². The number of aryl methyl sites for hydroxylation is 2. The number of carbonyl (C=O) groups excluding carboxylic acids is 1. The van der Waals surface area contributed by atoms with Gasteiger partial charge in [-0.1, -0.05) is 0 Å². The molecule has 12 nitrogen and oxygen atoms in total. The van der Waals surface area contributed by atoms with Crippen LogP contribution in [-0.4, -0.2) is 106 Å².